The molecule has 3 aromatic rings. The molecule has 152 valence electrons. The Balaban J connectivity index is 1.75. The van der Waals surface area contributed by atoms with Crippen LogP contribution in [0.2, 0.25) is 0 Å². The van der Waals surface area contributed by atoms with Crippen molar-refractivity contribution in [3.05, 3.63) is 59.0 Å². The molecule has 0 radical (unpaired) electrons. The van der Waals surface area contributed by atoms with E-state index in [0.29, 0.717) is 40.3 Å². The van der Waals surface area contributed by atoms with Crippen molar-refractivity contribution in [1.82, 2.24) is 4.57 Å². The number of aromatic nitrogens is 1. The maximum absolute atomic E-state index is 12.6. The van der Waals surface area contributed by atoms with Crippen LogP contribution in [0.15, 0.2) is 53.5 Å². The molecule has 0 atom stereocenters. The van der Waals surface area contributed by atoms with E-state index in [0.717, 1.165) is 6.42 Å². The Morgan fingerprint density at radius 2 is 1.86 bits per heavy atom. The molecule has 0 spiro atoms. The van der Waals surface area contributed by atoms with Crippen LogP contribution in [0.1, 0.15) is 13.3 Å². The number of nitrogens with zero attached hydrogens (tertiary/aromatic N) is 1. The summed E-state index contributed by atoms with van der Waals surface area (Å²) in [6.45, 7) is 2.48. The first kappa shape index (κ1) is 20.3. The van der Waals surface area contributed by atoms with Gasteiger partial charge in [-0.1, -0.05) is 13.0 Å². The van der Waals surface area contributed by atoms with Gasteiger partial charge in [0.25, 0.3) is 11.5 Å². The van der Waals surface area contributed by atoms with Crippen molar-refractivity contribution < 1.29 is 19.0 Å². The van der Waals surface area contributed by atoms with Crippen molar-refractivity contribution in [1.29, 1.82) is 0 Å². The van der Waals surface area contributed by atoms with Crippen LogP contribution in [0.3, 0.4) is 0 Å². The van der Waals surface area contributed by atoms with Crippen LogP contribution in [0.4, 0.5) is 5.69 Å². The second-order valence-electron chi connectivity index (χ2n) is 6.43. The van der Waals surface area contributed by atoms with Crippen molar-refractivity contribution >= 4 is 22.4 Å². The van der Waals surface area contributed by atoms with Crippen molar-refractivity contribution in [2.75, 3.05) is 26.1 Å². The molecule has 0 aliphatic rings. The van der Waals surface area contributed by atoms with Gasteiger partial charge in [-0.3, -0.25) is 9.59 Å². The quantitative estimate of drug-likeness (QED) is 0.631. The predicted octanol–water partition coefficient (Wildman–Crippen LogP) is 3.45. The second-order valence-corrected chi connectivity index (χ2v) is 6.43. The third-order valence-electron chi connectivity index (χ3n) is 4.48. The lowest BCUT2D eigenvalue weighted by Crippen LogP contribution is -2.21. The van der Waals surface area contributed by atoms with Crippen LogP contribution < -0.4 is 25.1 Å². The number of hydrogen-bond acceptors (Lipinski definition) is 5. The Morgan fingerprint density at radius 3 is 2.59 bits per heavy atom. The van der Waals surface area contributed by atoms with Gasteiger partial charge in [-0.05, 0) is 36.8 Å². The number of amides is 1. The molecule has 3 rings (SSSR count). The summed E-state index contributed by atoms with van der Waals surface area (Å²) < 4.78 is 17.8. The Labute approximate surface area is 168 Å². The number of carbonyl (C=O) groups is 1. The normalized spacial score (nSPS) is 10.6. The number of benzene rings is 2. The first-order valence-corrected chi connectivity index (χ1v) is 9.34. The number of aryl methyl sites for hydroxylation is 1. The van der Waals surface area contributed by atoms with Crippen molar-refractivity contribution in [3.63, 3.8) is 0 Å². The van der Waals surface area contributed by atoms with Gasteiger partial charge in [-0.2, -0.15) is 0 Å². The minimum atomic E-state index is -0.343. The zero-order valence-corrected chi connectivity index (χ0v) is 16.7. The van der Waals surface area contributed by atoms with Crippen molar-refractivity contribution in [3.8, 4) is 17.2 Å². The minimum Gasteiger partial charge on any atom is -0.497 e. The van der Waals surface area contributed by atoms with Crippen molar-refractivity contribution in [2.45, 2.75) is 19.9 Å². The fraction of sp³-hybridized carbons (Fsp3) is 0.273. The summed E-state index contributed by atoms with van der Waals surface area (Å²) in [4.78, 5) is 24.9. The molecule has 0 fully saturated rings. The predicted molar refractivity (Wildman–Crippen MR) is 112 cm³/mol. The number of nitrogens with one attached hydrogen (secondary N) is 1. The topological polar surface area (TPSA) is 78.8 Å². The summed E-state index contributed by atoms with van der Waals surface area (Å²) in [5.41, 5.74) is 0.449. The zero-order chi connectivity index (χ0) is 20.8. The highest BCUT2D eigenvalue weighted by atomic mass is 16.5. The van der Waals surface area contributed by atoms with E-state index in [4.69, 9.17) is 14.2 Å². The van der Waals surface area contributed by atoms with E-state index in [1.165, 1.54) is 7.11 Å². The maximum atomic E-state index is 12.6. The van der Waals surface area contributed by atoms with Gasteiger partial charge < -0.3 is 24.1 Å². The molecule has 0 saturated heterocycles. The number of ether oxygens (including phenoxy) is 3. The number of rotatable bonds is 8. The molecule has 0 saturated carbocycles. The van der Waals surface area contributed by atoms with E-state index < -0.39 is 0 Å². The minimum absolute atomic E-state index is 0.0674. The molecule has 0 aliphatic carbocycles. The SMILES string of the molecule is CCCn1ccc2c(OCC(=O)Nc3ccc(OC)cc3OC)cccc2c1=O. The number of hydrogen-bond donors (Lipinski definition) is 1. The first-order valence-electron chi connectivity index (χ1n) is 9.34. The lowest BCUT2D eigenvalue weighted by molar-refractivity contribution is -0.118. The fourth-order valence-electron chi connectivity index (χ4n) is 3.06. The summed E-state index contributed by atoms with van der Waals surface area (Å²) in [6, 6.07) is 12.2. The Hall–Kier alpha value is -3.48. The summed E-state index contributed by atoms with van der Waals surface area (Å²) in [5, 5.41) is 4.00. The largest absolute Gasteiger partial charge is 0.497 e. The van der Waals surface area contributed by atoms with Gasteiger partial charge in [0.2, 0.25) is 0 Å². The van der Waals surface area contributed by atoms with E-state index in [1.807, 2.05) is 13.0 Å². The molecule has 1 aromatic heterocycles. The monoisotopic (exact) mass is 396 g/mol. The molecule has 29 heavy (non-hydrogen) atoms. The van der Waals surface area contributed by atoms with Crippen LogP contribution in [0, 0.1) is 0 Å². The molecular formula is C22H24N2O5. The highest BCUT2D eigenvalue weighted by molar-refractivity contribution is 5.94. The zero-order valence-electron chi connectivity index (χ0n) is 16.7. The number of pyridine rings is 1. The Morgan fingerprint density at radius 1 is 1.03 bits per heavy atom. The fourth-order valence-corrected chi connectivity index (χ4v) is 3.06. The average Bonchev–Trinajstić information content (AvgIpc) is 2.74. The van der Waals surface area contributed by atoms with Gasteiger partial charge in [0.15, 0.2) is 6.61 Å². The van der Waals surface area contributed by atoms with Gasteiger partial charge in [0.05, 0.1) is 25.3 Å². The number of fused-ring (bicyclic) bond motifs is 1. The van der Waals surface area contributed by atoms with E-state index in [1.54, 1.807) is 54.3 Å². The molecule has 0 aliphatic heterocycles. The summed E-state index contributed by atoms with van der Waals surface area (Å²) >= 11 is 0. The van der Waals surface area contributed by atoms with Crippen molar-refractivity contribution in [2.24, 2.45) is 0 Å². The first-order chi connectivity index (χ1) is 14.1. The van der Waals surface area contributed by atoms with Gasteiger partial charge in [0.1, 0.15) is 17.2 Å². The molecular weight excluding hydrogens is 372 g/mol. The van der Waals surface area contributed by atoms with E-state index >= 15 is 0 Å². The highest BCUT2D eigenvalue weighted by Crippen LogP contribution is 2.29. The number of methoxy groups -OCH3 is 2. The van der Waals surface area contributed by atoms with Gasteiger partial charge in [-0.25, -0.2) is 0 Å². The number of anilines is 1. The third kappa shape index (κ3) is 4.51. The summed E-state index contributed by atoms with van der Waals surface area (Å²) in [5.74, 6) is 1.25. The van der Waals surface area contributed by atoms with E-state index in [2.05, 4.69) is 5.32 Å². The molecule has 7 nitrogen and oxygen atoms in total. The summed E-state index contributed by atoms with van der Waals surface area (Å²) in [7, 11) is 3.07. The van der Waals surface area contributed by atoms with Crippen LogP contribution in [0.25, 0.3) is 10.8 Å². The lowest BCUT2D eigenvalue weighted by Gasteiger charge is -2.13. The average molecular weight is 396 g/mol. The molecule has 1 N–H and O–H groups in total. The molecule has 1 amide bonds. The van der Waals surface area contributed by atoms with Gasteiger partial charge >= 0.3 is 0 Å². The van der Waals surface area contributed by atoms with Crippen LogP contribution in [0.5, 0.6) is 17.2 Å². The molecule has 0 unspecified atom stereocenters. The lowest BCUT2D eigenvalue weighted by atomic mass is 10.1. The summed E-state index contributed by atoms with van der Waals surface area (Å²) in [6.07, 6.45) is 2.62. The number of carbonyl (C=O) groups excluding carboxylic acids is 1. The molecule has 2 aromatic carbocycles. The molecule has 1 heterocycles. The smallest absolute Gasteiger partial charge is 0.262 e. The highest BCUT2D eigenvalue weighted by Gasteiger charge is 2.12. The Kier molecular flexibility index (Phi) is 6.39. The second kappa shape index (κ2) is 9.14. The standard InChI is InChI=1S/C22H24N2O5/c1-4-11-24-12-10-16-17(22(24)26)6-5-7-19(16)29-14-21(25)23-18-9-8-15(27-2)13-20(18)28-3/h5-10,12-13H,4,11,14H2,1-3H3,(H,23,25). The molecule has 0 bridgehead atoms. The van der Waals surface area contributed by atoms with Gasteiger partial charge in [0, 0.05) is 24.2 Å². The van der Waals surface area contributed by atoms with E-state index in [9.17, 15) is 9.59 Å². The maximum Gasteiger partial charge on any atom is 0.262 e. The molecule has 7 heteroatoms. The Bertz CT molecular complexity index is 1070. The van der Waals surface area contributed by atoms with Crippen LogP contribution >= 0.6 is 0 Å². The van der Waals surface area contributed by atoms with Crippen LogP contribution in [-0.2, 0) is 11.3 Å². The third-order valence-corrected chi connectivity index (χ3v) is 4.48. The van der Waals surface area contributed by atoms with E-state index in [-0.39, 0.29) is 18.1 Å². The van der Waals surface area contributed by atoms with Crippen LogP contribution in [-0.4, -0.2) is 31.3 Å². The van der Waals surface area contributed by atoms with Gasteiger partial charge in [-0.15, -0.1) is 0 Å².